The zero-order chi connectivity index (χ0) is 19.9. The molecule has 1 heterocycles. The molecule has 1 aliphatic rings. The van der Waals surface area contributed by atoms with E-state index in [4.69, 9.17) is 5.21 Å². The van der Waals surface area contributed by atoms with Crippen molar-refractivity contribution in [2.45, 2.75) is 84.0 Å². The molecule has 3 N–H and O–H groups in total. The quantitative estimate of drug-likeness (QED) is 0.425. The molecule has 0 saturated carbocycles. The van der Waals surface area contributed by atoms with Crippen LogP contribution in [0, 0.1) is 5.92 Å². The highest BCUT2D eigenvalue weighted by atomic mass is 19.1. The van der Waals surface area contributed by atoms with Gasteiger partial charge in [-0.25, -0.2) is 9.87 Å². The van der Waals surface area contributed by atoms with Crippen molar-refractivity contribution >= 4 is 17.7 Å². The lowest BCUT2D eigenvalue weighted by Gasteiger charge is -2.32. The minimum Gasteiger partial charge on any atom is -0.349 e. The van der Waals surface area contributed by atoms with E-state index in [-0.39, 0.29) is 12.3 Å². The first-order valence-corrected chi connectivity index (χ1v) is 9.39. The van der Waals surface area contributed by atoms with E-state index in [2.05, 4.69) is 5.32 Å². The molecule has 150 valence electrons. The monoisotopic (exact) mass is 373 g/mol. The fraction of sp³-hybridized carbons (Fsp3) is 0.833. The van der Waals surface area contributed by atoms with Gasteiger partial charge in [0.05, 0.1) is 5.92 Å². The summed E-state index contributed by atoms with van der Waals surface area (Å²) in [5.74, 6) is -3.22. The van der Waals surface area contributed by atoms with Gasteiger partial charge in [-0.2, -0.15) is 0 Å². The third kappa shape index (κ3) is 5.65. The smallest absolute Gasteiger partial charge is 0.278 e. The molecule has 0 spiro atoms. The van der Waals surface area contributed by atoms with Crippen LogP contribution in [0.3, 0.4) is 0 Å². The number of hydroxylamine groups is 1. The lowest BCUT2D eigenvalue weighted by Crippen LogP contribution is -2.54. The Bertz CT molecular complexity index is 513. The Morgan fingerprint density at radius 2 is 1.96 bits per heavy atom. The number of nitrogens with zero attached hydrogens (tertiary/aromatic N) is 1. The number of carbonyl (C=O) groups excluding carboxylic acids is 3. The van der Waals surface area contributed by atoms with Gasteiger partial charge in [0, 0.05) is 12.1 Å². The molecule has 7 nitrogen and oxygen atoms in total. The predicted octanol–water partition coefficient (Wildman–Crippen LogP) is 1.93. The van der Waals surface area contributed by atoms with Gasteiger partial charge in [-0.3, -0.25) is 19.6 Å². The van der Waals surface area contributed by atoms with Crippen LogP contribution in [0.1, 0.15) is 66.2 Å². The number of hydrogen-bond donors (Lipinski definition) is 3. The van der Waals surface area contributed by atoms with E-state index in [9.17, 15) is 18.8 Å². The van der Waals surface area contributed by atoms with E-state index >= 15 is 0 Å². The number of rotatable bonds is 9. The van der Waals surface area contributed by atoms with Gasteiger partial charge in [0.25, 0.3) is 5.91 Å². The van der Waals surface area contributed by atoms with Crippen LogP contribution in [-0.4, -0.2) is 52.1 Å². The van der Waals surface area contributed by atoms with Crippen LogP contribution >= 0.6 is 0 Å². The first-order chi connectivity index (χ1) is 12.2. The Balaban J connectivity index is 2.94. The first-order valence-electron chi connectivity index (χ1n) is 9.39. The molecular weight excluding hydrogens is 341 g/mol. The molecule has 0 bridgehead atoms. The molecule has 2 unspecified atom stereocenters. The third-order valence-corrected chi connectivity index (χ3v) is 5.08. The Morgan fingerprint density at radius 1 is 1.31 bits per heavy atom. The molecule has 0 aliphatic carbocycles. The van der Waals surface area contributed by atoms with Crippen molar-refractivity contribution in [2.75, 3.05) is 6.54 Å². The number of halogens is 1. The summed E-state index contributed by atoms with van der Waals surface area (Å²) >= 11 is 0. The van der Waals surface area contributed by atoms with Crippen molar-refractivity contribution in [1.29, 1.82) is 0 Å². The van der Waals surface area contributed by atoms with E-state index in [0.717, 1.165) is 12.8 Å². The molecule has 1 fully saturated rings. The Labute approximate surface area is 154 Å². The zero-order valence-corrected chi connectivity index (χ0v) is 16.2. The van der Waals surface area contributed by atoms with Gasteiger partial charge in [-0.1, -0.05) is 26.7 Å². The summed E-state index contributed by atoms with van der Waals surface area (Å²) in [5.41, 5.74) is 0.882. The van der Waals surface area contributed by atoms with Gasteiger partial charge in [0.2, 0.25) is 11.8 Å². The lowest BCUT2D eigenvalue weighted by molar-refractivity contribution is -0.149. The van der Waals surface area contributed by atoms with Crippen LogP contribution in [-0.2, 0) is 14.4 Å². The molecule has 1 saturated heterocycles. The van der Waals surface area contributed by atoms with Crippen LogP contribution in [0.4, 0.5) is 4.39 Å². The summed E-state index contributed by atoms with van der Waals surface area (Å²) in [5, 5.41) is 11.6. The minimum atomic E-state index is -2.14. The summed E-state index contributed by atoms with van der Waals surface area (Å²) in [7, 11) is 0. The second-order valence-corrected chi connectivity index (χ2v) is 7.54. The van der Waals surface area contributed by atoms with E-state index in [1.165, 1.54) is 10.4 Å². The van der Waals surface area contributed by atoms with Crippen molar-refractivity contribution in [3.63, 3.8) is 0 Å². The largest absolute Gasteiger partial charge is 0.349 e. The Kier molecular flexibility index (Phi) is 8.46. The van der Waals surface area contributed by atoms with Crippen molar-refractivity contribution in [3.8, 4) is 0 Å². The maximum Gasteiger partial charge on any atom is 0.278 e. The van der Waals surface area contributed by atoms with Gasteiger partial charge in [-0.15, -0.1) is 0 Å². The van der Waals surface area contributed by atoms with Gasteiger partial charge in [-0.05, 0) is 39.5 Å². The fourth-order valence-electron chi connectivity index (χ4n) is 3.08. The lowest BCUT2D eigenvalue weighted by atomic mass is 9.94. The maximum atomic E-state index is 14.4. The van der Waals surface area contributed by atoms with Crippen LogP contribution in [0.2, 0.25) is 0 Å². The molecule has 3 atom stereocenters. The molecule has 1 aliphatic heterocycles. The topological polar surface area (TPSA) is 98.7 Å². The standard InChI is InChI=1S/C18H32FN3O4/c1-5-7-9-12(14(19)16(24)21-26)17(25)22-11-8-10-13(22)15(23)20-18(3,4)6-2/h12-14,26H,5-11H2,1-4H3,(H,20,23)(H,21,24)/t12?,13-,14?/m0/s1. The molecular formula is C18H32FN3O4. The van der Waals surface area contributed by atoms with Gasteiger partial charge in [0.1, 0.15) is 6.04 Å². The summed E-state index contributed by atoms with van der Waals surface area (Å²) in [4.78, 5) is 38.4. The summed E-state index contributed by atoms with van der Waals surface area (Å²) in [6.07, 6.45) is 1.27. The normalized spacial score (nSPS) is 19.8. The van der Waals surface area contributed by atoms with Crippen LogP contribution < -0.4 is 10.8 Å². The van der Waals surface area contributed by atoms with E-state index in [1.807, 2.05) is 27.7 Å². The van der Waals surface area contributed by atoms with Gasteiger partial charge < -0.3 is 10.2 Å². The Hall–Kier alpha value is -1.70. The molecule has 0 aromatic carbocycles. The number of unbranched alkanes of at least 4 members (excludes halogenated alkanes) is 1. The van der Waals surface area contributed by atoms with Crippen LogP contribution in [0.25, 0.3) is 0 Å². The molecule has 3 amide bonds. The SMILES string of the molecule is CCCCC(C(=O)N1CCC[C@H]1C(=O)NC(C)(C)CC)C(F)C(=O)NO. The number of likely N-dealkylation sites (tertiary alicyclic amines) is 1. The summed E-state index contributed by atoms with van der Waals surface area (Å²) in [6.45, 7) is 8.03. The first kappa shape index (κ1) is 22.3. The van der Waals surface area contributed by atoms with Crippen LogP contribution in [0.5, 0.6) is 0 Å². The van der Waals surface area contributed by atoms with E-state index in [0.29, 0.717) is 25.8 Å². The molecule has 1 rings (SSSR count). The molecule has 0 aromatic heterocycles. The van der Waals surface area contributed by atoms with Crippen LogP contribution in [0.15, 0.2) is 0 Å². The summed E-state index contributed by atoms with van der Waals surface area (Å²) in [6, 6.07) is -0.651. The number of nitrogens with one attached hydrogen (secondary N) is 2. The zero-order valence-electron chi connectivity index (χ0n) is 16.2. The highest BCUT2D eigenvalue weighted by Crippen LogP contribution is 2.26. The highest BCUT2D eigenvalue weighted by Gasteiger charge is 2.42. The Morgan fingerprint density at radius 3 is 2.50 bits per heavy atom. The summed E-state index contributed by atoms with van der Waals surface area (Å²) < 4.78 is 14.4. The third-order valence-electron chi connectivity index (χ3n) is 5.08. The molecule has 0 aromatic rings. The molecule has 26 heavy (non-hydrogen) atoms. The van der Waals surface area contributed by atoms with Crippen molar-refractivity contribution in [2.24, 2.45) is 5.92 Å². The van der Waals surface area contributed by atoms with Gasteiger partial charge >= 0.3 is 0 Å². The van der Waals surface area contributed by atoms with Crippen molar-refractivity contribution < 1.29 is 24.0 Å². The number of hydrogen-bond acceptors (Lipinski definition) is 4. The van der Waals surface area contributed by atoms with Gasteiger partial charge in [0.15, 0.2) is 6.17 Å². The van der Waals surface area contributed by atoms with Crippen molar-refractivity contribution in [3.05, 3.63) is 0 Å². The minimum absolute atomic E-state index is 0.190. The molecule has 0 radical (unpaired) electrons. The van der Waals surface area contributed by atoms with E-state index < -0.39 is 35.5 Å². The second kappa shape index (κ2) is 9.85. The van der Waals surface area contributed by atoms with E-state index in [1.54, 1.807) is 0 Å². The number of carbonyl (C=O) groups is 3. The maximum absolute atomic E-state index is 14.4. The predicted molar refractivity (Wildman–Crippen MR) is 95.1 cm³/mol. The number of amides is 3. The fourth-order valence-corrected chi connectivity index (χ4v) is 3.08. The average molecular weight is 373 g/mol. The van der Waals surface area contributed by atoms with Crippen molar-refractivity contribution in [1.82, 2.24) is 15.7 Å². The second-order valence-electron chi connectivity index (χ2n) is 7.54. The molecule has 8 heteroatoms. The highest BCUT2D eigenvalue weighted by molar-refractivity contribution is 5.92. The average Bonchev–Trinajstić information content (AvgIpc) is 3.10. The number of alkyl halides is 1.